The zero-order valence-electron chi connectivity index (χ0n) is 25.5. The molecule has 6 aromatic carbocycles. The van der Waals surface area contributed by atoms with E-state index in [1.807, 2.05) is 30.5 Å². The van der Waals surface area contributed by atoms with Gasteiger partial charge in [-0.05, 0) is 59.7 Å². The molecule has 0 amide bonds. The fraction of sp³-hybridized carbons (Fsp3) is 0. The predicted molar refractivity (Wildman–Crippen MR) is 193 cm³/mol. The van der Waals surface area contributed by atoms with Gasteiger partial charge in [-0.2, -0.15) is 0 Å². The Hall–Kier alpha value is -6.39. The Morgan fingerprint density at radius 3 is 1.68 bits per heavy atom. The quantitative estimate of drug-likeness (QED) is 0.197. The van der Waals surface area contributed by atoms with Crippen molar-refractivity contribution in [2.45, 2.75) is 0 Å². The Labute approximate surface area is 272 Å². The summed E-state index contributed by atoms with van der Waals surface area (Å²) in [6, 6.07) is 57.3. The molecule has 0 aliphatic carbocycles. The van der Waals surface area contributed by atoms with Gasteiger partial charge in [0.15, 0.2) is 5.82 Å². The number of pyridine rings is 1. The first-order chi connectivity index (χ1) is 23.3. The minimum Gasteiger partial charge on any atom is -0.309 e. The largest absolute Gasteiger partial charge is 0.309 e. The summed E-state index contributed by atoms with van der Waals surface area (Å²) in [5, 5.41) is 3.63. The third kappa shape index (κ3) is 4.84. The number of fused-ring (bicyclic) bond motifs is 4. The van der Waals surface area contributed by atoms with E-state index in [0.717, 1.165) is 55.8 Å². The van der Waals surface area contributed by atoms with E-state index in [1.165, 1.54) is 21.8 Å². The molecular weight excluding hydrogens is 573 g/mol. The second-order valence-electron chi connectivity index (χ2n) is 11.7. The molecule has 0 fully saturated rings. The highest BCUT2D eigenvalue weighted by atomic mass is 15.0. The van der Waals surface area contributed by atoms with Crippen LogP contribution in [0.4, 0.5) is 0 Å². The predicted octanol–water partition coefficient (Wildman–Crippen LogP) is 10.8. The van der Waals surface area contributed by atoms with Crippen molar-refractivity contribution < 1.29 is 0 Å². The zero-order chi connectivity index (χ0) is 31.2. The lowest BCUT2D eigenvalue weighted by Crippen LogP contribution is -1.97. The topological polar surface area (TPSA) is 43.6 Å². The van der Waals surface area contributed by atoms with Crippen LogP contribution in [0.25, 0.3) is 83.4 Å². The van der Waals surface area contributed by atoms with Gasteiger partial charge < -0.3 is 4.57 Å². The van der Waals surface area contributed by atoms with E-state index in [9.17, 15) is 0 Å². The molecule has 0 N–H and O–H groups in total. The van der Waals surface area contributed by atoms with E-state index < -0.39 is 0 Å². The smallest absolute Gasteiger partial charge is 0.160 e. The van der Waals surface area contributed by atoms with Crippen molar-refractivity contribution in [3.63, 3.8) is 0 Å². The summed E-state index contributed by atoms with van der Waals surface area (Å²) in [4.78, 5) is 14.6. The van der Waals surface area contributed by atoms with Crippen LogP contribution in [0.2, 0.25) is 0 Å². The maximum Gasteiger partial charge on any atom is 0.160 e. The molecule has 0 spiro atoms. The summed E-state index contributed by atoms with van der Waals surface area (Å²) in [7, 11) is 0. The molecule has 4 nitrogen and oxygen atoms in total. The van der Waals surface area contributed by atoms with E-state index in [0.29, 0.717) is 5.82 Å². The molecule has 0 aliphatic rings. The maximum absolute atomic E-state index is 5.11. The van der Waals surface area contributed by atoms with Crippen LogP contribution >= 0.6 is 0 Å². The standard InChI is InChI=1S/C43H28N4/c1-2-9-30(10-3-1)39-28-40(31-20-23-35(24-21-31)47-41-14-6-4-12-36(41)37-13-5-7-15-42(37)47)46-43(45-39)32-18-16-29(17-19-32)33-22-25-38-34(27-33)11-8-26-44-38/h1-28H. The first-order valence-corrected chi connectivity index (χ1v) is 15.8. The van der Waals surface area contributed by atoms with E-state index in [1.54, 1.807) is 0 Å². The summed E-state index contributed by atoms with van der Waals surface area (Å²) in [6.07, 6.45) is 1.83. The molecule has 0 bridgehead atoms. The van der Waals surface area contributed by atoms with E-state index >= 15 is 0 Å². The van der Waals surface area contributed by atoms with Gasteiger partial charge in [-0.25, -0.2) is 9.97 Å². The van der Waals surface area contributed by atoms with Gasteiger partial charge in [0.25, 0.3) is 0 Å². The van der Waals surface area contributed by atoms with Crippen molar-refractivity contribution in [2.75, 3.05) is 0 Å². The lowest BCUT2D eigenvalue weighted by Gasteiger charge is -2.12. The van der Waals surface area contributed by atoms with Gasteiger partial charge in [0.2, 0.25) is 0 Å². The zero-order valence-corrected chi connectivity index (χ0v) is 25.5. The highest BCUT2D eigenvalue weighted by Crippen LogP contribution is 2.34. The molecular formula is C43H28N4. The molecule has 0 radical (unpaired) electrons. The van der Waals surface area contributed by atoms with Crippen molar-refractivity contribution in [1.82, 2.24) is 19.5 Å². The van der Waals surface area contributed by atoms with Gasteiger partial charge in [-0.15, -0.1) is 0 Å². The van der Waals surface area contributed by atoms with Gasteiger partial charge in [0.1, 0.15) is 0 Å². The van der Waals surface area contributed by atoms with Gasteiger partial charge in [-0.1, -0.05) is 115 Å². The second-order valence-corrected chi connectivity index (χ2v) is 11.7. The molecule has 47 heavy (non-hydrogen) atoms. The van der Waals surface area contributed by atoms with Gasteiger partial charge in [0.05, 0.1) is 27.9 Å². The number of hydrogen-bond donors (Lipinski definition) is 0. The van der Waals surface area contributed by atoms with Crippen LogP contribution < -0.4 is 0 Å². The van der Waals surface area contributed by atoms with Crippen molar-refractivity contribution >= 4 is 32.7 Å². The summed E-state index contributed by atoms with van der Waals surface area (Å²) >= 11 is 0. The maximum atomic E-state index is 5.11. The number of rotatable bonds is 5. The van der Waals surface area contributed by atoms with Gasteiger partial charge in [-0.3, -0.25) is 4.98 Å². The Morgan fingerprint density at radius 2 is 0.979 bits per heavy atom. The molecule has 220 valence electrons. The number of hydrogen-bond acceptors (Lipinski definition) is 3. The molecule has 3 heterocycles. The van der Waals surface area contributed by atoms with Gasteiger partial charge in [0, 0.05) is 44.7 Å². The molecule has 9 aromatic rings. The van der Waals surface area contributed by atoms with Crippen molar-refractivity contribution in [1.29, 1.82) is 0 Å². The van der Waals surface area contributed by atoms with E-state index in [4.69, 9.17) is 9.97 Å². The van der Waals surface area contributed by atoms with Crippen LogP contribution in [0.3, 0.4) is 0 Å². The van der Waals surface area contributed by atoms with Crippen LogP contribution in [0.15, 0.2) is 170 Å². The third-order valence-electron chi connectivity index (χ3n) is 8.88. The first kappa shape index (κ1) is 27.0. The summed E-state index contributed by atoms with van der Waals surface area (Å²) in [5.74, 6) is 0.696. The van der Waals surface area contributed by atoms with Crippen molar-refractivity contribution in [3.05, 3.63) is 170 Å². The summed E-state index contributed by atoms with van der Waals surface area (Å²) in [6.45, 7) is 0. The Morgan fingerprint density at radius 1 is 0.404 bits per heavy atom. The number of nitrogens with zero attached hydrogens (tertiary/aromatic N) is 4. The highest BCUT2D eigenvalue weighted by Gasteiger charge is 2.14. The molecule has 0 atom stereocenters. The van der Waals surface area contributed by atoms with E-state index in [-0.39, 0.29) is 0 Å². The lowest BCUT2D eigenvalue weighted by molar-refractivity contribution is 1.17. The number of para-hydroxylation sites is 2. The molecule has 0 aliphatic heterocycles. The third-order valence-corrected chi connectivity index (χ3v) is 8.88. The Kier molecular flexibility index (Phi) is 6.43. The molecule has 0 saturated heterocycles. The fourth-order valence-corrected chi connectivity index (χ4v) is 6.53. The molecule has 9 rings (SSSR count). The van der Waals surface area contributed by atoms with Crippen LogP contribution in [0.5, 0.6) is 0 Å². The second kappa shape index (κ2) is 11.2. The Balaban J connectivity index is 1.12. The number of aromatic nitrogens is 4. The number of benzene rings is 6. The van der Waals surface area contributed by atoms with Crippen molar-refractivity contribution in [2.24, 2.45) is 0 Å². The SMILES string of the molecule is c1ccc(-c2cc(-c3ccc(-n4c5ccccc5c5ccccc54)cc3)nc(-c3ccc(-c4ccc5ncccc5c4)cc3)n2)cc1. The molecule has 0 unspecified atom stereocenters. The lowest BCUT2D eigenvalue weighted by atomic mass is 10.0. The minimum atomic E-state index is 0.696. The molecule has 3 aromatic heterocycles. The average molecular weight is 601 g/mol. The first-order valence-electron chi connectivity index (χ1n) is 15.8. The average Bonchev–Trinajstić information content (AvgIpc) is 3.49. The summed E-state index contributed by atoms with van der Waals surface area (Å²) in [5.41, 5.74) is 11.6. The molecule has 4 heteroatoms. The fourth-order valence-electron chi connectivity index (χ4n) is 6.53. The van der Waals surface area contributed by atoms with Crippen molar-refractivity contribution in [3.8, 4) is 50.7 Å². The van der Waals surface area contributed by atoms with Crippen LogP contribution in [0.1, 0.15) is 0 Å². The van der Waals surface area contributed by atoms with Crippen LogP contribution in [-0.4, -0.2) is 19.5 Å². The Bertz CT molecular complexity index is 2500. The summed E-state index contributed by atoms with van der Waals surface area (Å²) < 4.78 is 2.34. The van der Waals surface area contributed by atoms with Gasteiger partial charge >= 0.3 is 0 Å². The monoisotopic (exact) mass is 600 g/mol. The molecule has 0 saturated carbocycles. The van der Waals surface area contributed by atoms with Crippen LogP contribution in [0, 0.1) is 0 Å². The van der Waals surface area contributed by atoms with Crippen LogP contribution in [-0.2, 0) is 0 Å². The highest BCUT2D eigenvalue weighted by molar-refractivity contribution is 6.09. The normalized spacial score (nSPS) is 11.4. The van der Waals surface area contributed by atoms with E-state index in [2.05, 4.69) is 149 Å². The minimum absolute atomic E-state index is 0.696.